The summed E-state index contributed by atoms with van der Waals surface area (Å²) in [4.78, 5) is 27.1. The van der Waals surface area contributed by atoms with Crippen LogP contribution in [0.4, 0.5) is 11.4 Å². The summed E-state index contributed by atoms with van der Waals surface area (Å²) < 4.78 is 1.03. The fourth-order valence-electron chi connectivity index (χ4n) is 3.42. The third kappa shape index (κ3) is 3.85. The number of carbonyl (C=O) groups is 2. The van der Waals surface area contributed by atoms with E-state index in [1.807, 2.05) is 35.2 Å². The molecule has 0 fully saturated rings. The molecule has 0 aliphatic carbocycles. The molecule has 1 N–H and O–H groups in total. The molecule has 3 aromatic rings. The van der Waals surface area contributed by atoms with E-state index in [0.29, 0.717) is 23.4 Å². The Morgan fingerprint density at radius 1 is 0.893 bits per heavy atom. The van der Waals surface area contributed by atoms with Crippen molar-refractivity contribution in [2.24, 2.45) is 0 Å². The second-order valence-electron chi connectivity index (χ2n) is 6.73. The molecule has 140 valence electrons. The van der Waals surface area contributed by atoms with Crippen LogP contribution < -0.4 is 10.2 Å². The van der Waals surface area contributed by atoms with E-state index >= 15 is 0 Å². The Bertz CT molecular complexity index is 1020. The highest BCUT2D eigenvalue weighted by Crippen LogP contribution is 2.31. The first-order valence-electron chi connectivity index (χ1n) is 9.18. The molecule has 1 aliphatic heterocycles. The summed E-state index contributed by atoms with van der Waals surface area (Å²) in [6.07, 6.45) is 1.92. The molecule has 0 unspecified atom stereocenters. The number of benzene rings is 3. The Labute approximate surface area is 172 Å². The summed E-state index contributed by atoms with van der Waals surface area (Å²) in [5.74, 6) is -0.195. The van der Waals surface area contributed by atoms with Gasteiger partial charge >= 0.3 is 0 Å². The SMILES string of the molecule is O=C(Nc1ccc(C(=O)N2CCCc3cc(Br)ccc32)cc1)c1ccccc1. The number of hydrogen-bond donors (Lipinski definition) is 1. The molecule has 2 amide bonds. The number of rotatable bonds is 3. The molecule has 3 aromatic carbocycles. The van der Waals surface area contributed by atoms with Gasteiger partial charge in [-0.25, -0.2) is 0 Å². The van der Waals surface area contributed by atoms with Crippen LogP contribution in [0.25, 0.3) is 0 Å². The lowest BCUT2D eigenvalue weighted by Gasteiger charge is -2.29. The van der Waals surface area contributed by atoms with Gasteiger partial charge in [0.1, 0.15) is 0 Å². The molecule has 5 heteroatoms. The van der Waals surface area contributed by atoms with Gasteiger partial charge in [-0.05, 0) is 73.0 Å². The lowest BCUT2D eigenvalue weighted by molar-refractivity contribution is 0.0984. The van der Waals surface area contributed by atoms with E-state index in [9.17, 15) is 9.59 Å². The topological polar surface area (TPSA) is 49.4 Å². The van der Waals surface area contributed by atoms with Gasteiger partial charge in [0.05, 0.1) is 0 Å². The minimum Gasteiger partial charge on any atom is -0.322 e. The highest BCUT2D eigenvalue weighted by Gasteiger charge is 2.23. The number of carbonyl (C=O) groups excluding carboxylic acids is 2. The largest absolute Gasteiger partial charge is 0.322 e. The van der Waals surface area contributed by atoms with E-state index in [1.165, 1.54) is 5.56 Å². The van der Waals surface area contributed by atoms with Crippen molar-refractivity contribution in [3.05, 3.63) is 94.0 Å². The van der Waals surface area contributed by atoms with Gasteiger partial charge in [0, 0.05) is 33.5 Å². The number of anilines is 2. The maximum atomic E-state index is 13.0. The van der Waals surface area contributed by atoms with Crippen molar-refractivity contribution >= 4 is 39.1 Å². The Hall–Kier alpha value is -2.92. The number of hydrogen-bond acceptors (Lipinski definition) is 2. The van der Waals surface area contributed by atoms with Crippen molar-refractivity contribution in [2.45, 2.75) is 12.8 Å². The Balaban J connectivity index is 1.50. The lowest BCUT2D eigenvalue weighted by atomic mass is 10.0. The second-order valence-corrected chi connectivity index (χ2v) is 7.65. The fraction of sp³-hybridized carbons (Fsp3) is 0.130. The molecule has 28 heavy (non-hydrogen) atoms. The Morgan fingerprint density at radius 2 is 1.64 bits per heavy atom. The molecule has 0 bridgehead atoms. The third-order valence-electron chi connectivity index (χ3n) is 4.83. The molecule has 4 rings (SSSR count). The smallest absolute Gasteiger partial charge is 0.258 e. The first kappa shape index (κ1) is 18.4. The van der Waals surface area contributed by atoms with Gasteiger partial charge in [-0.2, -0.15) is 0 Å². The zero-order chi connectivity index (χ0) is 19.5. The standard InChI is InChI=1S/C23H19BrN2O2/c24-19-10-13-21-18(15-19)7-4-14-26(21)23(28)17-8-11-20(12-9-17)25-22(27)16-5-2-1-3-6-16/h1-3,5-6,8-13,15H,4,7,14H2,(H,25,27). The van der Waals surface area contributed by atoms with Gasteiger partial charge in [-0.3, -0.25) is 9.59 Å². The van der Waals surface area contributed by atoms with E-state index in [0.717, 1.165) is 23.0 Å². The van der Waals surface area contributed by atoms with Crippen LogP contribution in [0.5, 0.6) is 0 Å². The summed E-state index contributed by atoms with van der Waals surface area (Å²) in [6.45, 7) is 0.708. The van der Waals surface area contributed by atoms with Crippen LogP contribution in [0.2, 0.25) is 0 Å². The van der Waals surface area contributed by atoms with Crippen LogP contribution in [0.15, 0.2) is 77.3 Å². The number of amides is 2. The van der Waals surface area contributed by atoms with Crippen molar-refractivity contribution < 1.29 is 9.59 Å². The summed E-state index contributed by atoms with van der Waals surface area (Å²) >= 11 is 3.50. The van der Waals surface area contributed by atoms with Crippen LogP contribution in [-0.2, 0) is 6.42 Å². The maximum Gasteiger partial charge on any atom is 0.258 e. The van der Waals surface area contributed by atoms with Crippen molar-refractivity contribution in [3.63, 3.8) is 0 Å². The summed E-state index contributed by atoms with van der Waals surface area (Å²) in [6, 6.07) is 22.1. The van der Waals surface area contributed by atoms with Gasteiger partial charge in [0.2, 0.25) is 0 Å². The van der Waals surface area contributed by atoms with Crippen molar-refractivity contribution in [2.75, 3.05) is 16.8 Å². The van der Waals surface area contributed by atoms with Crippen LogP contribution >= 0.6 is 15.9 Å². The van der Waals surface area contributed by atoms with Crippen LogP contribution in [0.3, 0.4) is 0 Å². The van der Waals surface area contributed by atoms with Gasteiger partial charge in [-0.15, -0.1) is 0 Å². The molecule has 0 saturated heterocycles. The molecule has 0 spiro atoms. The molecule has 0 aromatic heterocycles. The molecular formula is C23H19BrN2O2. The highest BCUT2D eigenvalue weighted by molar-refractivity contribution is 9.10. The van der Waals surface area contributed by atoms with Gasteiger partial charge in [-0.1, -0.05) is 34.1 Å². The number of fused-ring (bicyclic) bond motifs is 1. The van der Waals surface area contributed by atoms with Crippen LogP contribution in [-0.4, -0.2) is 18.4 Å². The summed E-state index contributed by atoms with van der Waals surface area (Å²) in [5, 5.41) is 2.86. The monoisotopic (exact) mass is 434 g/mol. The molecule has 4 nitrogen and oxygen atoms in total. The van der Waals surface area contributed by atoms with Crippen LogP contribution in [0, 0.1) is 0 Å². The lowest BCUT2D eigenvalue weighted by Crippen LogP contribution is -2.35. The third-order valence-corrected chi connectivity index (χ3v) is 5.32. The molecule has 1 aliphatic rings. The first-order chi connectivity index (χ1) is 13.6. The van der Waals surface area contributed by atoms with Gasteiger partial charge < -0.3 is 10.2 Å². The quantitative estimate of drug-likeness (QED) is 0.608. The van der Waals surface area contributed by atoms with E-state index in [4.69, 9.17) is 0 Å². The Morgan fingerprint density at radius 3 is 2.39 bits per heavy atom. The second kappa shape index (κ2) is 7.98. The predicted molar refractivity (Wildman–Crippen MR) is 115 cm³/mol. The summed E-state index contributed by atoms with van der Waals surface area (Å²) in [5.41, 5.74) is 4.02. The van der Waals surface area contributed by atoms with Crippen molar-refractivity contribution in [1.82, 2.24) is 0 Å². The van der Waals surface area contributed by atoms with E-state index in [1.54, 1.807) is 36.4 Å². The molecule has 0 radical (unpaired) electrons. The van der Waals surface area contributed by atoms with Crippen LogP contribution in [0.1, 0.15) is 32.7 Å². The molecule has 1 heterocycles. The van der Waals surface area contributed by atoms with Crippen molar-refractivity contribution in [3.8, 4) is 0 Å². The first-order valence-corrected chi connectivity index (χ1v) is 9.98. The zero-order valence-corrected chi connectivity index (χ0v) is 16.8. The number of aryl methyl sites for hydroxylation is 1. The number of halogens is 1. The maximum absolute atomic E-state index is 13.0. The number of nitrogens with zero attached hydrogens (tertiary/aromatic N) is 1. The summed E-state index contributed by atoms with van der Waals surface area (Å²) in [7, 11) is 0. The number of nitrogens with one attached hydrogen (secondary N) is 1. The predicted octanol–water partition coefficient (Wildman–Crippen LogP) is 5.29. The normalized spacial score (nSPS) is 13.0. The average Bonchev–Trinajstić information content (AvgIpc) is 2.73. The van der Waals surface area contributed by atoms with E-state index in [2.05, 4.69) is 27.3 Å². The van der Waals surface area contributed by atoms with E-state index < -0.39 is 0 Å². The van der Waals surface area contributed by atoms with E-state index in [-0.39, 0.29) is 11.8 Å². The highest BCUT2D eigenvalue weighted by atomic mass is 79.9. The molecule has 0 saturated carbocycles. The van der Waals surface area contributed by atoms with Gasteiger partial charge in [0.15, 0.2) is 0 Å². The molecular weight excluding hydrogens is 416 g/mol. The fourth-order valence-corrected chi connectivity index (χ4v) is 3.83. The molecule has 0 atom stereocenters. The average molecular weight is 435 g/mol. The minimum absolute atomic E-state index is 0.0239. The van der Waals surface area contributed by atoms with Crippen molar-refractivity contribution in [1.29, 1.82) is 0 Å². The Kier molecular flexibility index (Phi) is 5.26. The van der Waals surface area contributed by atoms with Gasteiger partial charge in [0.25, 0.3) is 11.8 Å². The zero-order valence-electron chi connectivity index (χ0n) is 15.2. The minimum atomic E-state index is -0.171.